The Hall–Kier alpha value is -3.11. The van der Waals surface area contributed by atoms with Crippen molar-refractivity contribution in [3.63, 3.8) is 0 Å². The quantitative estimate of drug-likeness (QED) is 0.403. The molecular weight excluding hydrogens is 438 g/mol. The molecule has 3 aromatic carbocycles. The van der Waals surface area contributed by atoms with Crippen LogP contribution < -0.4 is 4.74 Å². The highest BCUT2D eigenvalue weighted by Gasteiger charge is 2.29. The third-order valence-electron chi connectivity index (χ3n) is 4.91. The normalized spacial score (nSPS) is 14.9. The zero-order valence-corrected chi connectivity index (χ0v) is 18.3. The fourth-order valence-electron chi connectivity index (χ4n) is 3.49. The number of nitrogens with zero attached hydrogens (tertiary/aromatic N) is 1. The second kappa shape index (κ2) is 9.14. The monoisotopic (exact) mass is 459 g/mol. The van der Waals surface area contributed by atoms with Crippen molar-refractivity contribution in [2.24, 2.45) is 0 Å². The molecule has 0 spiro atoms. The molecule has 0 bridgehead atoms. The van der Waals surface area contributed by atoms with Gasteiger partial charge in [0, 0.05) is 5.57 Å². The van der Waals surface area contributed by atoms with Gasteiger partial charge >= 0.3 is 0 Å². The highest BCUT2D eigenvalue weighted by molar-refractivity contribution is 9.10. The summed E-state index contributed by atoms with van der Waals surface area (Å²) >= 11 is 3.55. The van der Waals surface area contributed by atoms with Crippen LogP contribution >= 0.6 is 15.9 Å². The van der Waals surface area contributed by atoms with Crippen LogP contribution in [0.4, 0.5) is 0 Å². The number of hydrogen-bond acceptors (Lipinski definition) is 2. The van der Waals surface area contributed by atoms with Gasteiger partial charge in [-0.2, -0.15) is 0 Å². The van der Waals surface area contributed by atoms with Crippen molar-refractivity contribution in [2.45, 2.75) is 13.5 Å². The van der Waals surface area contributed by atoms with Crippen molar-refractivity contribution in [1.82, 2.24) is 4.90 Å². The predicted octanol–water partition coefficient (Wildman–Crippen LogP) is 6.31. The zero-order chi connectivity index (χ0) is 20.9. The second-order valence-corrected chi connectivity index (χ2v) is 7.85. The summed E-state index contributed by atoms with van der Waals surface area (Å²) in [5.74, 6) is 0.798. The van der Waals surface area contributed by atoms with Crippen molar-refractivity contribution in [3.05, 3.63) is 112 Å². The minimum Gasteiger partial charge on any atom is -0.493 e. The Morgan fingerprint density at radius 1 is 0.967 bits per heavy atom. The lowest BCUT2D eigenvalue weighted by Crippen LogP contribution is -2.25. The van der Waals surface area contributed by atoms with Gasteiger partial charge in [-0.05, 0) is 63.8 Å². The second-order valence-electron chi connectivity index (χ2n) is 7.00. The van der Waals surface area contributed by atoms with Gasteiger partial charge in [0.1, 0.15) is 5.75 Å². The van der Waals surface area contributed by atoms with E-state index in [0.29, 0.717) is 18.7 Å². The summed E-state index contributed by atoms with van der Waals surface area (Å²) in [4.78, 5) is 15.2. The Morgan fingerprint density at radius 3 is 2.33 bits per heavy atom. The summed E-state index contributed by atoms with van der Waals surface area (Å²) in [7, 11) is 0. The SMILES string of the molecule is CCOc1ccc(/C=C2\C=C(c3ccccc3)N(Cc3ccccc3)C2=O)cc1Br. The van der Waals surface area contributed by atoms with Crippen LogP contribution in [0, 0.1) is 0 Å². The lowest BCUT2D eigenvalue weighted by Gasteiger charge is -2.20. The number of halogens is 1. The third-order valence-corrected chi connectivity index (χ3v) is 5.53. The van der Waals surface area contributed by atoms with Crippen LogP contribution in [0.5, 0.6) is 5.75 Å². The highest BCUT2D eigenvalue weighted by Crippen LogP contribution is 2.33. The van der Waals surface area contributed by atoms with Crippen molar-refractivity contribution in [2.75, 3.05) is 6.61 Å². The van der Waals surface area contributed by atoms with E-state index in [9.17, 15) is 4.79 Å². The van der Waals surface area contributed by atoms with E-state index in [1.54, 1.807) is 0 Å². The molecule has 0 saturated carbocycles. The predicted molar refractivity (Wildman–Crippen MR) is 125 cm³/mol. The van der Waals surface area contributed by atoms with Gasteiger partial charge in [-0.1, -0.05) is 66.7 Å². The molecule has 0 aromatic heterocycles. The molecular formula is C26H22BrNO2. The maximum Gasteiger partial charge on any atom is 0.258 e. The molecule has 3 nitrogen and oxygen atoms in total. The van der Waals surface area contributed by atoms with Gasteiger partial charge < -0.3 is 9.64 Å². The van der Waals surface area contributed by atoms with Crippen LogP contribution in [0.25, 0.3) is 11.8 Å². The minimum absolute atomic E-state index is 0.00251. The molecule has 30 heavy (non-hydrogen) atoms. The molecule has 150 valence electrons. The molecule has 4 rings (SSSR count). The van der Waals surface area contributed by atoms with Crippen LogP contribution in [0.3, 0.4) is 0 Å². The van der Waals surface area contributed by atoms with Crippen LogP contribution in [0.15, 0.2) is 95.0 Å². The van der Waals surface area contributed by atoms with E-state index in [0.717, 1.165) is 32.6 Å². The molecule has 3 aromatic rings. The summed E-state index contributed by atoms with van der Waals surface area (Å²) < 4.78 is 6.46. The minimum atomic E-state index is 0.00251. The first kappa shape index (κ1) is 20.2. The maximum absolute atomic E-state index is 13.3. The van der Waals surface area contributed by atoms with E-state index >= 15 is 0 Å². The Bertz CT molecular complexity index is 1100. The maximum atomic E-state index is 13.3. The van der Waals surface area contributed by atoms with Gasteiger partial charge in [-0.3, -0.25) is 4.79 Å². The first-order valence-corrected chi connectivity index (χ1v) is 10.7. The molecule has 1 heterocycles. The Morgan fingerprint density at radius 2 is 1.67 bits per heavy atom. The summed E-state index contributed by atoms with van der Waals surface area (Å²) in [5.41, 5.74) is 4.65. The van der Waals surface area contributed by atoms with Crippen molar-refractivity contribution >= 4 is 33.6 Å². The van der Waals surface area contributed by atoms with E-state index in [2.05, 4.69) is 15.9 Å². The Balaban J connectivity index is 1.70. The van der Waals surface area contributed by atoms with E-state index in [1.807, 2.05) is 103 Å². The zero-order valence-electron chi connectivity index (χ0n) is 16.7. The van der Waals surface area contributed by atoms with Crippen LogP contribution in [-0.2, 0) is 11.3 Å². The molecule has 0 N–H and O–H groups in total. The molecule has 0 aliphatic carbocycles. The van der Waals surface area contributed by atoms with Gasteiger partial charge in [0.25, 0.3) is 5.91 Å². The number of amides is 1. The van der Waals surface area contributed by atoms with E-state index in [-0.39, 0.29) is 5.91 Å². The standard InChI is InChI=1S/C26H22BrNO2/c1-2-30-25-14-13-20(16-23(25)27)15-22-17-24(21-11-7-4-8-12-21)28(26(22)29)18-19-9-5-3-6-10-19/h3-17H,2,18H2,1H3/b22-15+. The smallest absolute Gasteiger partial charge is 0.258 e. The number of benzene rings is 3. The van der Waals surface area contributed by atoms with E-state index in [4.69, 9.17) is 4.74 Å². The number of carbonyl (C=O) groups excluding carboxylic acids is 1. The molecule has 0 fully saturated rings. The first-order chi connectivity index (χ1) is 14.7. The molecule has 4 heteroatoms. The molecule has 0 atom stereocenters. The lowest BCUT2D eigenvalue weighted by atomic mass is 10.1. The van der Waals surface area contributed by atoms with E-state index < -0.39 is 0 Å². The Labute approximate surface area is 185 Å². The van der Waals surface area contributed by atoms with Gasteiger partial charge in [0.15, 0.2) is 0 Å². The highest BCUT2D eigenvalue weighted by atomic mass is 79.9. The fourth-order valence-corrected chi connectivity index (χ4v) is 4.00. The van der Waals surface area contributed by atoms with Crippen molar-refractivity contribution in [3.8, 4) is 5.75 Å². The summed E-state index contributed by atoms with van der Waals surface area (Å²) in [6, 6.07) is 26.0. The molecule has 1 aliphatic rings. The van der Waals surface area contributed by atoms with Gasteiger partial charge in [-0.15, -0.1) is 0 Å². The Kier molecular flexibility index (Phi) is 6.15. The number of hydrogen-bond donors (Lipinski definition) is 0. The molecule has 0 unspecified atom stereocenters. The first-order valence-electron chi connectivity index (χ1n) is 9.92. The number of ether oxygens (including phenoxy) is 1. The van der Waals surface area contributed by atoms with Crippen molar-refractivity contribution < 1.29 is 9.53 Å². The largest absolute Gasteiger partial charge is 0.493 e. The van der Waals surface area contributed by atoms with Gasteiger partial charge in [0.2, 0.25) is 0 Å². The summed E-state index contributed by atoms with van der Waals surface area (Å²) in [6.45, 7) is 3.09. The van der Waals surface area contributed by atoms with Crippen LogP contribution in [-0.4, -0.2) is 17.4 Å². The molecule has 0 saturated heterocycles. The molecule has 1 amide bonds. The lowest BCUT2D eigenvalue weighted by molar-refractivity contribution is -0.123. The topological polar surface area (TPSA) is 29.5 Å². The van der Waals surface area contributed by atoms with Gasteiger partial charge in [-0.25, -0.2) is 0 Å². The fraction of sp³-hybridized carbons (Fsp3) is 0.115. The summed E-state index contributed by atoms with van der Waals surface area (Å²) in [5, 5.41) is 0. The molecule has 0 radical (unpaired) electrons. The van der Waals surface area contributed by atoms with E-state index in [1.165, 1.54) is 0 Å². The van der Waals surface area contributed by atoms with Crippen LogP contribution in [0.2, 0.25) is 0 Å². The average molecular weight is 460 g/mol. The van der Waals surface area contributed by atoms with Crippen molar-refractivity contribution in [1.29, 1.82) is 0 Å². The molecule has 1 aliphatic heterocycles. The van der Waals surface area contributed by atoms with Crippen LogP contribution in [0.1, 0.15) is 23.6 Å². The average Bonchev–Trinajstić information content (AvgIpc) is 3.07. The number of rotatable bonds is 6. The third kappa shape index (κ3) is 4.39. The summed E-state index contributed by atoms with van der Waals surface area (Å²) in [6.07, 6.45) is 3.90. The number of carbonyl (C=O) groups is 1. The van der Waals surface area contributed by atoms with Gasteiger partial charge in [0.05, 0.1) is 23.3 Å².